The van der Waals surface area contributed by atoms with Gasteiger partial charge in [-0.1, -0.05) is 0 Å². The summed E-state index contributed by atoms with van der Waals surface area (Å²) in [6.07, 6.45) is 1.75. The van der Waals surface area contributed by atoms with Crippen LogP contribution in [0.1, 0.15) is 11.1 Å². The van der Waals surface area contributed by atoms with Crippen LogP contribution in [0.2, 0.25) is 0 Å². The van der Waals surface area contributed by atoms with Gasteiger partial charge in [0.05, 0.1) is 0 Å². The predicted octanol–water partition coefficient (Wildman–Crippen LogP) is 3.67. The average Bonchev–Trinajstić information content (AvgIpc) is 2.92. The maximum atomic E-state index is 5.89. The van der Waals surface area contributed by atoms with E-state index >= 15 is 0 Å². The Balaban J connectivity index is 1.76. The summed E-state index contributed by atoms with van der Waals surface area (Å²) in [5.74, 6) is 1.74. The van der Waals surface area contributed by atoms with Crippen molar-refractivity contribution >= 4 is 17.8 Å². The molecule has 0 aliphatic rings. The average molecular weight is 266 g/mol. The van der Waals surface area contributed by atoms with Gasteiger partial charge in [-0.05, 0) is 0 Å². The molecular formula is C16H15BO3. The first-order chi connectivity index (χ1) is 9.76. The van der Waals surface area contributed by atoms with Crippen LogP contribution in [0.25, 0.3) is 10.7 Å². The van der Waals surface area contributed by atoms with Crippen LogP contribution in [0.4, 0.5) is 0 Å². The second-order valence-corrected chi connectivity index (χ2v) is 4.76. The van der Waals surface area contributed by atoms with E-state index in [9.17, 15) is 0 Å². The fourth-order valence-electron chi connectivity index (χ4n) is 2.15. The molecule has 1 heterocycles. The number of methoxy groups -OCH3 is 1. The molecule has 0 aliphatic heterocycles. The number of aryl methyl sites for hydroxylation is 1. The van der Waals surface area contributed by atoms with Gasteiger partial charge in [-0.3, -0.25) is 0 Å². The van der Waals surface area contributed by atoms with Gasteiger partial charge in [-0.25, -0.2) is 0 Å². The number of hydrogen-bond acceptors (Lipinski definition) is 3. The molecule has 0 fully saturated rings. The minimum absolute atomic E-state index is 0.536. The molecule has 3 nitrogen and oxygen atoms in total. The van der Waals surface area contributed by atoms with Crippen LogP contribution in [0.15, 0.2) is 47.0 Å². The van der Waals surface area contributed by atoms with Gasteiger partial charge in [0.15, 0.2) is 0 Å². The topological polar surface area (TPSA) is 31.6 Å². The first-order valence-corrected chi connectivity index (χ1v) is 6.48. The Morgan fingerprint density at radius 1 is 1.15 bits per heavy atom. The van der Waals surface area contributed by atoms with E-state index in [1.54, 1.807) is 20.5 Å². The summed E-state index contributed by atoms with van der Waals surface area (Å²) in [4.78, 5) is 0. The van der Waals surface area contributed by atoms with E-state index in [4.69, 9.17) is 13.8 Å². The van der Waals surface area contributed by atoms with Gasteiger partial charge >= 0.3 is 118 Å². The quantitative estimate of drug-likeness (QED) is 0.722. The molecule has 20 heavy (non-hydrogen) atoms. The molecule has 3 aromatic rings. The standard InChI is InChI=1S/C16H15BO3/c1-11-7-13-10-20-17-15(13)8-16(11)19-9-12-3-5-14(18-2)6-4-12/h3-8,10H,9H2,1-2H3. The van der Waals surface area contributed by atoms with E-state index < -0.39 is 0 Å². The monoisotopic (exact) mass is 266 g/mol. The van der Waals surface area contributed by atoms with Crippen LogP contribution in [0.3, 0.4) is 0 Å². The summed E-state index contributed by atoms with van der Waals surface area (Å²) in [6, 6.07) is 12.0. The zero-order valence-corrected chi connectivity index (χ0v) is 11.6. The van der Waals surface area contributed by atoms with Gasteiger partial charge < -0.3 is 0 Å². The van der Waals surface area contributed by atoms with Gasteiger partial charge in [0.2, 0.25) is 0 Å². The molecule has 0 N–H and O–H groups in total. The summed E-state index contributed by atoms with van der Waals surface area (Å²) in [5, 5.41) is 2.15. The molecule has 0 saturated carbocycles. The van der Waals surface area contributed by atoms with Crippen LogP contribution in [-0.4, -0.2) is 14.2 Å². The normalized spacial score (nSPS) is 10.5. The Morgan fingerprint density at radius 3 is 2.70 bits per heavy atom. The van der Waals surface area contributed by atoms with Crippen molar-refractivity contribution in [3.63, 3.8) is 0 Å². The molecule has 2 aromatic carbocycles. The second kappa shape index (κ2) is 5.41. The van der Waals surface area contributed by atoms with E-state index in [0.29, 0.717) is 6.61 Å². The summed E-state index contributed by atoms with van der Waals surface area (Å²) >= 11 is 0. The van der Waals surface area contributed by atoms with E-state index in [1.807, 2.05) is 37.3 Å². The van der Waals surface area contributed by atoms with Gasteiger partial charge in [-0.2, -0.15) is 0 Å². The summed E-state index contributed by atoms with van der Waals surface area (Å²) < 4.78 is 16.2. The predicted molar refractivity (Wildman–Crippen MR) is 79.6 cm³/mol. The van der Waals surface area contributed by atoms with Gasteiger partial charge in [0.25, 0.3) is 0 Å². The molecule has 1 aromatic heterocycles. The van der Waals surface area contributed by atoms with E-state index in [-0.39, 0.29) is 0 Å². The van der Waals surface area contributed by atoms with Crippen molar-refractivity contribution in [3.8, 4) is 11.5 Å². The Morgan fingerprint density at radius 2 is 1.95 bits per heavy atom. The zero-order valence-electron chi connectivity index (χ0n) is 11.6. The van der Waals surface area contributed by atoms with Crippen LogP contribution < -0.4 is 9.47 Å². The third-order valence-electron chi connectivity index (χ3n) is 3.32. The molecule has 0 amide bonds. The Hall–Kier alpha value is -2.23. The third-order valence-corrected chi connectivity index (χ3v) is 3.32. The molecule has 0 aliphatic carbocycles. The van der Waals surface area contributed by atoms with Crippen LogP contribution in [0, 0.1) is 6.92 Å². The molecular weight excluding hydrogens is 251 g/mol. The second-order valence-electron chi connectivity index (χ2n) is 4.76. The molecule has 0 atom stereocenters. The van der Waals surface area contributed by atoms with Crippen molar-refractivity contribution < 1.29 is 13.8 Å². The van der Waals surface area contributed by atoms with E-state index in [2.05, 4.69) is 6.07 Å². The van der Waals surface area contributed by atoms with Crippen LogP contribution in [-0.2, 0) is 6.61 Å². The van der Waals surface area contributed by atoms with E-state index in [0.717, 1.165) is 33.3 Å². The maximum absolute atomic E-state index is 5.89. The molecule has 4 heteroatoms. The first-order valence-electron chi connectivity index (χ1n) is 6.48. The summed E-state index contributed by atoms with van der Waals surface area (Å²) in [6.45, 7) is 2.57. The summed E-state index contributed by atoms with van der Waals surface area (Å²) in [5.41, 5.74) is 2.21. The molecule has 0 unspecified atom stereocenters. The Kier molecular flexibility index (Phi) is 3.46. The zero-order chi connectivity index (χ0) is 13.9. The van der Waals surface area contributed by atoms with Crippen molar-refractivity contribution in [2.45, 2.75) is 13.5 Å². The minimum atomic E-state index is 0.536. The Bertz CT molecular complexity index is 716. The molecule has 3 rings (SSSR count). The first kappa shape index (κ1) is 12.8. The van der Waals surface area contributed by atoms with E-state index in [1.165, 1.54) is 0 Å². The molecule has 0 bridgehead atoms. The van der Waals surface area contributed by atoms with Gasteiger partial charge in [0, 0.05) is 0 Å². The Labute approximate surface area is 118 Å². The molecule has 0 radical (unpaired) electrons. The van der Waals surface area contributed by atoms with Crippen molar-refractivity contribution in [1.82, 2.24) is 0 Å². The number of fused-ring (bicyclic) bond motifs is 1. The van der Waals surface area contributed by atoms with Crippen molar-refractivity contribution in [3.05, 3.63) is 53.8 Å². The number of rotatable bonds is 4. The fraction of sp³-hybridized carbons (Fsp3) is 0.188. The fourth-order valence-corrected chi connectivity index (χ4v) is 2.15. The molecule has 0 saturated heterocycles. The van der Waals surface area contributed by atoms with Gasteiger partial charge in [0.1, 0.15) is 0 Å². The van der Waals surface area contributed by atoms with Crippen molar-refractivity contribution in [1.29, 1.82) is 0 Å². The van der Waals surface area contributed by atoms with Crippen molar-refractivity contribution in [2.75, 3.05) is 7.11 Å². The number of ether oxygens (including phenoxy) is 2. The third kappa shape index (κ3) is 2.55. The van der Waals surface area contributed by atoms with Gasteiger partial charge in [-0.15, -0.1) is 0 Å². The molecule has 100 valence electrons. The summed E-state index contributed by atoms with van der Waals surface area (Å²) in [7, 11) is 3.39. The van der Waals surface area contributed by atoms with Crippen LogP contribution >= 0.6 is 0 Å². The SMILES string of the molecule is COc1ccc(COc2cc3bocc3cc2C)cc1. The van der Waals surface area contributed by atoms with Crippen molar-refractivity contribution in [2.24, 2.45) is 0 Å². The van der Waals surface area contributed by atoms with Crippen LogP contribution in [0.5, 0.6) is 11.5 Å². The molecule has 0 spiro atoms. The number of hydrogen-bond donors (Lipinski definition) is 0. The number of benzene rings is 2.